The van der Waals surface area contributed by atoms with Crippen molar-refractivity contribution in [1.82, 2.24) is 14.5 Å². The number of benzene rings is 2. The van der Waals surface area contributed by atoms with Crippen LogP contribution < -0.4 is 5.56 Å². The van der Waals surface area contributed by atoms with Crippen LogP contribution in [-0.4, -0.2) is 33.0 Å². The molecule has 1 aliphatic rings. The number of rotatable bonds is 9. The van der Waals surface area contributed by atoms with Gasteiger partial charge in [-0.2, -0.15) is 0 Å². The number of aromatic nitrogens is 3. The van der Waals surface area contributed by atoms with Gasteiger partial charge in [0.15, 0.2) is 0 Å². The molecule has 2 atom stereocenters. The van der Waals surface area contributed by atoms with Crippen LogP contribution in [0.15, 0.2) is 113 Å². The summed E-state index contributed by atoms with van der Waals surface area (Å²) < 4.78 is 18.4. The third-order valence-corrected chi connectivity index (χ3v) is 6.11. The summed E-state index contributed by atoms with van der Waals surface area (Å²) in [4.78, 5) is 38.4. The monoisotopic (exact) mass is 522 g/mol. The minimum absolute atomic E-state index is 0.0633. The van der Waals surface area contributed by atoms with E-state index >= 15 is 0 Å². The number of carbonyl (C=O) groups is 1. The lowest BCUT2D eigenvalue weighted by molar-refractivity contribution is 0.0414. The van der Waals surface area contributed by atoms with E-state index in [1.54, 1.807) is 12.3 Å². The summed E-state index contributed by atoms with van der Waals surface area (Å²) in [7, 11) is 0. The average molecular weight is 523 g/mol. The fraction of sp³-hybridized carbons (Fsp3) is 0.167. The topological polar surface area (TPSA) is 105 Å². The molecule has 2 aromatic heterocycles. The van der Waals surface area contributed by atoms with Gasteiger partial charge in [0.2, 0.25) is 0 Å². The fourth-order valence-corrected chi connectivity index (χ4v) is 4.25. The number of hydrogen-bond donors (Lipinski definition) is 0. The fourth-order valence-electron chi connectivity index (χ4n) is 4.25. The second-order valence-electron chi connectivity index (χ2n) is 8.71. The van der Waals surface area contributed by atoms with Gasteiger partial charge in [-0.15, -0.1) is 0 Å². The van der Waals surface area contributed by atoms with Crippen LogP contribution in [0, 0.1) is 0 Å². The molecular formula is C30H26N4O5. The van der Waals surface area contributed by atoms with E-state index in [1.807, 2.05) is 72.8 Å². The van der Waals surface area contributed by atoms with E-state index in [4.69, 9.17) is 14.2 Å². The molecule has 0 radical (unpaired) electrons. The van der Waals surface area contributed by atoms with Crippen molar-refractivity contribution in [2.24, 2.45) is 4.99 Å². The summed E-state index contributed by atoms with van der Waals surface area (Å²) in [5, 5.41) is 0. The number of ether oxygens (including phenoxy) is 3. The van der Waals surface area contributed by atoms with Crippen LogP contribution >= 0.6 is 0 Å². The van der Waals surface area contributed by atoms with Gasteiger partial charge in [0, 0.05) is 17.8 Å². The van der Waals surface area contributed by atoms with Crippen LogP contribution in [0.4, 0.5) is 4.79 Å². The number of pyridine rings is 1. The Kier molecular flexibility index (Phi) is 8.30. The number of allylic oxidation sites excluding steroid dienone is 1. The molecule has 0 spiro atoms. The summed E-state index contributed by atoms with van der Waals surface area (Å²) in [6.45, 7) is 0.203. The third-order valence-electron chi connectivity index (χ3n) is 6.11. The maximum Gasteiger partial charge on any atom is 0.508 e. The average Bonchev–Trinajstić information content (AvgIpc) is 2.99. The molecule has 0 aliphatic carbocycles. The lowest BCUT2D eigenvalue weighted by atomic mass is 9.97. The predicted molar refractivity (Wildman–Crippen MR) is 144 cm³/mol. The van der Waals surface area contributed by atoms with Crippen molar-refractivity contribution in [3.63, 3.8) is 0 Å². The van der Waals surface area contributed by atoms with Gasteiger partial charge in [0.1, 0.15) is 31.7 Å². The van der Waals surface area contributed by atoms with Crippen molar-refractivity contribution < 1.29 is 19.0 Å². The summed E-state index contributed by atoms with van der Waals surface area (Å²) >= 11 is 0. The van der Waals surface area contributed by atoms with Gasteiger partial charge in [0.05, 0.1) is 30.4 Å². The van der Waals surface area contributed by atoms with Gasteiger partial charge in [0.25, 0.3) is 5.56 Å². The van der Waals surface area contributed by atoms with E-state index in [0.717, 1.165) is 11.1 Å². The van der Waals surface area contributed by atoms with Crippen molar-refractivity contribution in [2.45, 2.75) is 32.0 Å². The molecule has 2 unspecified atom stereocenters. The molecule has 2 aromatic carbocycles. The smallest absolute Gasteiger partial charge is 0.429 e. The summed E-state index contributed by atoms with van der Waals surface area (Å²) in [5.74, 6) is 0. The van der Waals surface area contributed by atoms with Crippen LogP contribution in [0.5, 0.6) is 0 Å². The number of hydrogen-bond acceptors (Lipinski definition) is 8. The van der Waals surface area contributed by atoms with E-state index < -0.39 is 18.3 Å². The zero-order valence-electron chi connectivity index (χ0n) is 21.0. The first kappa shape index (κ1) is 25.7. The molecule has 196 valence electrons. The van der Waals surface area contributed by atoms with Crippen LogP contribution in [-0.2, 0) is 34.0 Å². The number of dihydropyridines is 1. The summed E-state index contributed by atoms with van der Waals surface area (Å²) in [6.07, 6.45) is 8.56. The van der Waals surface area contributed by atoms with Crippen molar-refractivity contribution >= 4 is 12.4 Å². The SMILES string of the molecule is O=C(OCc1ccccc1)OCc1c(C2N=CC=CC2OCc2ccccc2)ccc(=O)n1-c1cncnc1. The van der Waals surface area contributed by atoms with E-state index in [9.17, 15) is 9.59 Å². The molecule has 0 fully saturated rings. The van der Waals surface area contributed by atoms with Gasteiger partial charge in [-0.3, -0.25) is 14.4 Å². The van der Waals surface area contributed by atoms with E-state index in [-0.39, 0.29) is 18.8 Å². The van der Waals surface area contributed by atoms with Crippen LogP contribution in [0.2, 0.25) is 0 Å². The number of carbonyl (C=O) groups excluding carboxylic acids is 1. The van der Waals surface area contributed by atoms with Gasteiger partial charge in [-0.25, -0.2) is 14.8 Å². The minimum Gasteiger partial charge on any atom is -0.429 e. The highest BCUT2D eigenvalue weighted by atomic mass is 16.7. The first-order chi connectivity index (χ1) is 19.2. The highest BCUT2D eigenvalue weighted by molar-refractivity contribution is 5.73. The molecule has 0 saturated heterocycles. The van der Waals surface area contributed by atoms with Gasteiger partial charge < -0.3 is 14.2 Å². The van der Waals surface area contributed by atoms with Crippen molar-refractivity contribution in [2.75, 3.05) is 0 Å². The highest BCUT2D eigenvalue weighted by Crippen LogP contribution is 2.30. The van der Waals surface area contributed by atoms with Crippen LogP contribution in [0.3, 0.4) is 0 Å². The van der Waals surface area contributed by atoms with Gasteiger partial charge in [-0.05, 0) is 23.3 Å². The van der Waals surface area contributed by atoms with E-state index in [2.05, 4.69) is 15.0 Å². The van der Waals surface area contributed by atoms with Crippen molar-refractivity contribution in [3.05, 3.63) is 136 Å². The highest BCUT2D eigenvalue weighted by Gasteiger charge is 2.28. The van der Waals surface area contributed by atoms with E-state index in [0.29, 0.717) is 23.6 Å². The molecule has 39 heavy (non-hydrogen) atoms. The second-order valence-corrected chi connectivity index (χ2v) is 8.71. The maximum absolute atomic E-state index is 13.1. The Bertz CT molecular complexity index is 1510. The summed E-state index contributed by atoms with van der Waals surface area (Å²) in [6, 6.07) is 21.8. The molecule has 4 aromatic rings. The third kappa shape index (κ3) is 6.52. The Morgan fingerprint density at radius 2 is 1.49 bits per heavy atom. The number of aliphatic imine (C=N–C) groups is 1. The molecule has 0 bridgehead atoms. The lowest BCUT2D eigenvalue weighted by Gasteiger charge is -2.27. The van der Waals surface area contributed by atoms with Crippen LogP contribution in [0.1, 0.15) is 28.4 Å². The van der Waals surface area contributed by atoms with E-state index in [1.165, 1.54) is 29.4 Å². The van der Waals surface area contributed by atoms with Gasteiger partial charge in [-0.1, -0.05) is 66.7 Å². The minimum atomic E-state index is -0.860. The van der Waals surface area contributed by atoms with Gasteiger partial charge >= 0.3 is 6.16 Å². The Hall–Kier alpha value is -4.89. The standard InChI is InChI=1S/C30H26N4O5/c35-28-14-13-25(29-27(12-7-15-33-29)37-18-22-8-3-1-4-9-22)26(34(28)24-16-31-21-32-17-24)20-39-30(36)38-19-23-10-5-2-6-11-23/h1-17,21,27,29H,18-20H2. The molecule has 9 heteroatoms. The maximum atomic E-state index is 13.1. The first-order valence-electron chi connectivity index (χ1n) is 12.4. The molecule has 9 nitrogen and oxygen atoms in total. The molecule has 5 rings (SSSR count). The predicted octanol–water partition coefficient (Wildman–Crippen LogP) is 4.75. The zero-order valence-corrected chi connectivity index (χ0v) is 21.0. The lowest BCUT2D eigenvalue weighted by Crippen LogP contribution is -2.29. The van der Waals surface area contributed by atoms with Crippen LogP contribution in [0.25, 0.3) is 5.69 Å². The molecular weight excluding hydrogens is 496 g/mol. The Balaban J connectivity index is 1.43. The quantitative estimate of drug-likeness (QED) is 0.292. The van der Waals surface area contributed by atoms with Crippen molar-refractivity contribution in [1.29, 1.82) is 0 Å². The normalized spacial score (nSPS) is 16.1. The zero-order chi connectivity index (χ0) is 26.9. The second kappa shape index (κ2) is 12.6. The molecule has 0 amide bonds. The Labute approximate surface area is 225 Å². The number of nitrogens with zero attached hydrogens (tertiary/aromatic N) is 4. The Morgan fingerprint density at radius 1 is 0.821 bits per heavy atom. The molecule has 0 saturated carbocycles. The summed E-state index contributed by atoms with van der Waals surface area (Å²) in [5.41, 5.74) is 3.03. The molecule has 0 N–H and O–H groups in total. The first-order valence-corrected chi connectivity index (χ1v) is 12.4. The largest absolute Gasteiger partial charge is 0.508 e. The molecule has 1 aliphatic heterocycles. The molecule has 3 heterocycles. The Morgan fingerprint density at radius 3 is 2.21 bits per heavy atom. The van der Waals surface area contributed by atoms with Crippen molar-refractivity contribution in [3.8, 4) is 5.69 Å².